The highest BCUT2D eigenvalue weighted by molar-refractivity contribution is 14.0. The molecule has 0 amide bonds. The van der Waals surface area contributed by atoms with E-state index in [2.05, 4.69) is 34.4 Å². The summed E-state index contributed by atoms with van der Waals surface area (Å²) in [5, 5.41) is 6.75. The lowest BCUT2D eigenvalue weighted by molar-refractivity contribution is -0.143. The van der Waals surface area contributed by atoms with Crippen molar-refractivity contribution in [1.82, 2.24) is 20.4 Å². The number of guanidine groups is 1. The molecule has 0 aromatic heterocycles. The summed E-state index contributed by atoms with van der Waals surface area (Å²) < 4.78 is 37.4. The Labute approximate surface area is 172 Å². The quantitative estimate of drug-likeness (QED) is 0.353. The minimum Gasteiger partial charge on any atom is -0.356 e. The lowest BCUT2D eigenvalue weighted by Crippen LogP contribution is -2.50. The summed E-state index contributed by atoms with van der Waals surface area (Å²) in [6, 6.07) is 0.993. The van der Waals surface area contributed by atoms with Crippen LogP contribution in [-0.2, 0) is 0 Å². The van der Waals surface area contributed by atoms with E-state index in [0.29, 0.717) is 31.7 Å². The van der Waals surface area contributed by atoms with Gasteiger partial charge < -0.3 is 15.5 Å². The highest BCUT2D eigenvalue weighted by Gasteiger charge is 2.34. The van der Waals surface area contributed by atoms with Crippen molar-refractivity contribution in [3.05, 3.63) is 0 Å². The molecule has 5 nitrogen and oxygen atoms in total. The SMILES string of the molecule is CN=C(NCC1CCN(CC(F)(F)F)C1)NC1CCN(C(C)C)CC1.I. The first-order valence-electron chi connectivity index (χ1n) is 9.27. The van der Waals surface area contributed by atoms with Crippen molar-refractivity contribution in [3.8, 4) is 0 Å². The van der Waals surface area contributed by atoms with E-state index < -0.39 is 12.7 Å². The maximum atomic E-state index is 12.5. The predicted octanol–water partition coefficient (Wildman–Crippen LogP) is 2.53. The van der Waals surface area contributed by atoms with Gasteiger partial charge in [-0.05, 0) is 45.6 Å². The molecule has 0 aliphatic carbocycles. The smallest absolute Gasteiger partial charge is 0.356 e. The zero-order valence-electron chi connectivity index (χ0n) is 16.0. The van der Waals surface area contributed by atoms with Gasteiger partial charge in [0.1, 0.15) is 0 Å². The number of nitrogens with zero attached hydrogens (tertiary/aromatic N) is 3. The Morgan fingerprint density at radius 2 is 1.81 bits per heavy atom. The van der Waals surface area contributed by atoms with Gasteiger partial charge in [-0.3, -0.25) is 9.89 Å². The van der Waals surface area contributed by atoms with Crippen molar-refractivity contribution in [2.75, 3.05) is 46.3 Å². The van der Waals surface area contributed by atoms with Gasteiger partial charge in [-0.2, -0.15) is 13.2 Å². The summed E-state index contributed by atoms with van der Waals surface area (Å²) in [6.07, 6.45) is -1.14. The Bertz CT molecular complexity index is 437. The molecular formula is C17H33F3IN5. The first-order chi connectivity index (χ1) is 11.8. The molecule has 2 fully saturated rings. The molecule has 0 saturated carbocycles. The number of alkyl halides is 3. The molecule has 1 atom stereocenters. The molecule has 1 unspecified atom stereocenters. The fraction of sp³-hybridized carbons (Fsp3) is 0.941. The molecule has 9 heteroatoms. The Morgan fingerprint density at radius 3 is 2.35 bits per heavy atom. The second-order valence-corrected chi connectivity index (χ2v) is 7.51. The molecular weight excluding hydrogens is 458 g/mol. The maximum absolute atomic E-state index is 12.5. The number of piperidine rings is 1. The van der Waals surface area contributed by atoms with Crippen molar-refractivity contribution in [3.63, 3.8) is 0 Å². The van der Waals surface area contributed by atoms with Gasteiger partial charge >= 0.3 is 6.18 Å². The van der Waals surface area contributed by atoms with Gasteiger partial charge in [0.15, 0.2) is 5.96 Å². The monoisotopic (exact) mass is 491 g/mol. The Morgan fingerprint density at radius 1 is 1.15 bits per heavy atom. The lowest BCUT2D eigenvalue weighted by atomic mass is 10.0. The first-order valence-corrected chi connectivity index (χ1v) is 9.27. The number of halogens is 4. The molecule has 2 heterocycles. The van der Waals surface area contributed by atoms with Gasteiger partial charge in [-0.25, -0.2) is 0 Å². The van der Waals surface area contributed by atoms with E-state index in [9.17, 15) is 13.2 Å². The average Bonchev–Trinajstić information content (AvgIpc) is 2.97. The summed E-state index contributed by atoms with van der Waals surface area (Å²) in [7, 11) is 1.74. The van der Waals surface area contributed by atoms with E-state index in [4.69, 9.17) is 0 Å². The molecule has 0 aromatic rings. The van der Waals surface area contributed by atoms with E-state index in [1.807, 2.05) is 0 Å². The molecule has 0 radical (unpaired) electrons. The van der Waals surface area contributed by atoms with E-state index in [-0.39, 0.29) is 29.9 Å². The first kappa shape index (κ1) is 23.7. The van der Waals surface area contributed by atoms with Crippen molar-refractivity contribution in [2.24, 2.45) is 10.9 Å². The van der Waals surface area contributed by atoms with Gasteiger partial charge in [0, 0.05) is 45.3 Å². The fourth-order valence-corrected chi connectivity index (χ4v) is 3.67. The summed E-state index contributed by atoms with van der Waals surface area (Å²) in [4.78, 5) is 8.23. The lowest BCUT2D eigenvalue weighted by Gasteiger charge is -2.35. The van der Waals surface area contributed by atoms with Crippen LogP contribution >= 0.6 is 24.0 Å². The van der Waals surface area contributed by atoms with Crippen LogP contribution < -0.4 is 10.6 Å². The van der Waals surface area contributed by atoms with E-state index >= 15 is 0 Å². The zero-order valence-corrected chi connectivity index (χ0v) is 18.3. The number of aliphatic imine (C=N–C) groups is 1. The average molecular weight is 491 g/mol. The van der Waals surface area contributed by atoms with Crippen LogP contribution in [0.1, 0.15) is 33.1 Å². The third kappa shape index (κ3) is 8.16. The Kier molecular flexibility index (Phi) is 9.95. The van der Waals surface area contributed by atoms with Gasteiger partial charge in [-0.1, -0.05) is 0 Å². The fourth-order valence-electron chi connectivity index (χ4n) is 3.67. The summed E-state index contributed by atoms with van der Waals surface area (Å²) in [5.41, 5.74) is 0. The summed E-state index contributed by atoms with van der Waals surface area (Å²) in [6.45, 7) is 7.49. The van der Waals surface area contributed by atoms with E-state index in [1.54, 1.807) is 7.05 Å². The molecule has 0 bridgehead atoms. The van der Waals surface area contributed by atoms with Crippen LogP contribution in [0.3, 0.4) is 0 Å². The maximum Gasteiger partial charge on any atom is 0.401 e. The van der Waals surface area contributed by atoms with Crippen molar-refractivity contribution in [2.45, 2.75) is 51.4 Å². The van der Waals surface area contributed by atoms with E-state index in [0.717, 1.165) is 38.3 Å². The number of likely N-dealkylation sites (tertiary alicyclic amines) is 2. The third-order valence-corrected chi connectivity index (χ3v) is 5.16. The number of hydrogen-bond acceptors (Lipinski definition) is 3. The van der Waals surface area contributed by atoms with E-state index in [1.165, 1.54) is 4.90 Å². The molecule has 2 aliphatic heterocycles. The number of nitrogens with one attached hydrogen (secondary N) is 2. The second kappa shape index (κ2) is 10.9. The van der Waals surface area contributed by atoms with Crippen LogP contribution in [0.4, 0.5) is 13.2 Å². The van der Waals surface area contributed by atoms with Crippen LogP contribution in [0.25, 0.3) is 0 Å². The van der Waals surface area contributed by atoms with Crippen LogP contribution in [-0.4, -0.2) is 80.3 Å². The number of rotatable bonds is 5. The number of hydrogen-bond donors (Lipinski definition) is 2. The molecule has 0 spiro atoms. The van der Waals surface area contributed by atoms with Crippen LogP contribution in [0.5, 0.6) is 0 Å². The Hall–Kier alpha value is -0.290. The molecule has 26 heavy (non-hydrogen) atoms. The van der Waals surface area contributed by atoms with Crippen molar-refractivity contribution < 1.29 is 13.2 Å². The summed E-state index contributed by atoms with van der Waals surface area (Å²) >= 11 is 0. The largest absolute Gasteiger partial charge is 0.401 e. The highest BCUT2D eigenvalue weighted by atomic mass is 127. The van der Waals surface area contributed by atoms with Gasteiger partial charge in [0.2, 0.25) is 0 Å². The zero-order chi connectivity index (χ0) is 18.4. The molecule has 0 aromatic carbocycles. The van der Waals surface area contributed by atoms with Crippen molar-refractivity contribution >= 4 is 29.9 Å². The topological polar surface area (TPSA) is 42.9 Å². The van der Waals surface area contributed by atoms with Crippen molar-refractivity contribution in [1.29, 1.82) is 0 Å². The normalized spacial score (nSPS) is 24.0. The molecule has 154 valence electrons. The van der Waals surface area contributed by atoms with Gasteiger partial charge in [-0.15, -0.1) is 24.0 Å². The van der Waals surface area contributed by atoms with Crippen LogP contribution in [0.15, 0.2) is 4.99 Å². The minimum atomic E-state index is -4.11. The van der Waals surface area contributed by atoms with Crippen LogP contribution in [0.2, 0.25) is 0 Å². The highest BCUT2D eigenvalue weighted by Crippen LogP contribution is 2.22. The standard InChI is InChI=1S/C17H32F3N5.HI/c1-13(2)25-8-5-15(6-9-25)23-16(21-3)22-10-14-4-7-24(11-14)12-17(18,19)20;/h13-15H,4-12H2,1-3H3,(H2,21,22,23);1H. The van der Waals surface area contributed by atoms with Gasteiger partial charge in [0.25, 0.3) is 0 Å². The second-order valence-electron chi connectivity index (χ2n) is 7.51. The molecule has 2 saturated heterocycles. The van der Waals surface area contributed by atoms with Crippen LogP contribution in [0, 0.1) is 5.92 Å². The molecule has 2 rings (SSSR count). The molecule has 2 aliphatic rings. The predicted molar refractivity (Wildman–Crippen MR) is 110 cm³/mol. The van der Waals surface area contributed by atoms with Gasteiger partial charge in [0.05, 0.1) is 6.54 Å². The third-order valence-electron chi connectivity index (χ3n) is 5.16. The Balaban J connectivity index is 0.00000338. The summed E-state index contributed by atoms with van der Waals surface area (Å²) in [5.74, 6) is 1.00. The minimum absolute atomic E-state index is 0. The molecule has 2 N–H and O–H groups in total.